The number of imide groups is 1. The molecule has 1 fully saturated rings. The van der Waals surface area contributed by atoms with Crippen LogP contribution in [0.15, 0.2) is 22.7 Å². The molecule has 1 atom stereocenters. The number of carbonyl (C=O) groups is 2. The highest BCUT2D eigenvalue weighted by molar-refractivity contribution is 9.10. The number of hydrogen-bond acceptors (Lipinski definition) is 2. The van der Waals surface area contributed by atoms with Gasteiger partial charge in [-0.1, -0.05) is 19.4 Å². The van der Waals surface area contributed by atoms with Gasteiger partial charge in [0.15, 0.2) is 0 Å². The Balaban J connectivity index is 2.27. The van der Waals surface area contributed by atoms with E-state index in [1.165, 1.54) is 12.1 Å². The second-order valence-corrected chi connectivity index (χ2v) is 5.24. The molecule has 5 heteroatoms. The summed E-state index contributed by atoms with van der Waals surface area (Å²) in [6.07, 6.45) is 1.22. The highest BCUT2D eigenvalue weighted by atomic mass is 79.9. The van der Waals surface area contributed by atoms with Crippen LogP contribution in [0, 0.1) is 11.7 Å². The summed E-state index contributed by atoms with van der Waals surface area (Å²) in [5.41, 5.74) is -0.0607. The van der Waals surface area contributed by atoms with E-state index in [0.717, 1.165) is 11.3 Å². The van der Waals surface area contributed by atoms with Gasteiger partial charge in [-0.15, -0.1) is 0 Å². The van der Waals surface area contributed by atoms with Crippen molar-refractivity contribution in [2.24, 2.45) is 5.92 Å². The van der Waals surface area contributed by atoms with Crippen LogP contribution in [0.2, 0.25) is 0 Å². The summed E-state index contributed by atoms with van der Waals surface area (Å²) in [4.78, 5) is 25.0. The Bertz CT molecular complexity index is 504. The number of rotatable bonds is 2. The number of likely N-dealkylation sites (tertiary alicyclic amines) is 1. The summed E-state index contributed by atoms with van der Waals surface area (Å²) in [5, 5.41) is 0. The fraction of sp³-hybridized carbons (Fsp3) is 0.385. The Kier molecular flexibility index (Phi) is 3.80. The van der Waals surface area contributed by atoms with Crippen molar-refractivity contribution in [1.82, 2.24) is 4.90 Å². The van der Waals surface area contributed by atoms with E-state index in [1.54, 1.807) is 6.07 Å². The Morgan fingerprint density at radius 1 is 1.56 bits per heavy atom. The molecule has 3 nitrogen and oxygen atoms in total. The molecule has 2 rings (SSSR count). The van der Waals surface area contributed by atoms with Crippen LogP contribution in [-0.4, -0.2) is 23.3 Å². The zero-order valence-electron chi connectivity index (χ0n) is 9.95. The molecule has 1 aliphatic heterocycles. The van der Waals surface area contributed by atoms with Crippen molar-refractivity contribution < 1.29 is 14.0 Å². The van der Waals surface area contributed by atoms with Gasteiger partial charge in [0.1, 0.15) is 5.82 Å². The van der Waals surface area contributed by atoms with Crippen molar-refractivity contribution in [2.75, 3.05) is 6.54 Å². The summed E-state index contributed by atoms with van der Waals surface area (Å²) in [7, 11) is 0. The van der Waals surface area contributed by atoms with Crippen LogP contribution in [0.4, 0.5) is 4.39 Å². The zero-order valence-corrected chi connectivity index (χ0v) is 11.5. The smallest absolute Gasteiger partial charge is 0.263 e. The zero-order chi connectivity index (χ0) is 13.3. The molecule has 1 unspecified atom stereocenters. The molecule has 0 radical (unpaired) electrons. The average Bonchev–Trinajstić information content (AvgIpc) is 2.73. The largest absolute Gasteiger partial charge is 0.278 e. The molecule has 96 valence electrons. The summed E-state index contributed by atoms with van der Waals surface area (Å²) >= 11 is 3.03. The van der Waals surface area contributed by atoms with Crippen LogP contribution in [-0.2, 0) is 4.79 Å². The van der Waals surface area contributed by atoms with Gasteiger partial charge in [-0.25, -0.2) is 4.39 Å². The van der Waals surface area contributed by atoms with Crippen molar-refractivity contribution in [2.45, 2.75) is 19.8 Å². The van der Waals surface area contributed by atoms with E-state index in [0.29, 0.717) is 13.0 Å². The van der Waals surface area contributed by atoms with Gasteiger partial charge in [0, 0.05) is 13.0 Å². The highest BCUT2D eigenvalue weighted by Crippen LogP contribution is 2.25. The van der Waals surface area contributed by atoms with Gasteiger partial charge in [0.25, 0.3) is 5.91 Å². The molecular weight excluding hydrogens is 301 g/mol. The van der Waals surface area contributed by atoms with E-state index in [-0.39, 0.29) is 21.9 Å². The molecule has 1 aromatic carbocycles. The van der Waals surface area contributed by atoms with Gasteiger partial charge in [0.2, 0.25) is 5.91 Å². The second-order valence-electron chi connectivity index (χ2n) is 4.39. The minimum absolute atomic E-state index is 0.0607. The van der Waals surface area contributed by atoms with Crippen molar-refractivity contribution in [1.29, 1.82) is 0 Å². The van der Waals surface area contributed by atoms with Crippen LogP contribution in [0.1, 0.15) is 30.1 Å². The first kappa shape index (κ1) is 13.2. The molecule has 1 aromatic rings. The van der Waals surface area contributed by atoms with Gasteiger partial charge in [-0.2, -0.15) is 0 Å². The van der Waals surface area contributed by atoms with Gasteiger partial charge < -0.3 is 0 Å². The standard InChI is InChI=1S/C13H13BrFNO2/c1-2-8-6-11(17)16(7-8)13(18)9-4-3-5-10(14)12(9)15/h3-5,8H,2,6-7H2,1H3. The minimum Gasteiger partial charge on any atom is -0.278 e. The quantitative estimate of drug-likeness (QED) is 0.787. The third kappa shape index (κ3) is 2.32. The van der Waals surface area contributed by atoms with E-state index < -0.39 is 11.7 Å². The van der Waals surface area contributed by atoms with Crippen LogP contribution < -0.4 is 0 Å². The molecule has 0 N–H and O–H groups in total. The Hall–Kier alpha value is -1.23. The van der Waals surface area contributed by atoms with Gasteiger partial charge in [-0.3, -0.25) is 14.5 Å². The van der Waals surface area contributed by atoms with E-state index >= 15 is 0 Å². The number of carbonyl (C=O) groups excluding carboxylic acids is 2. The first-order valence-corrected chi connectivity index (χ1v) is 6.62. The van der Waals surface area contributed by atoms with E-state index in [2.05, 4.69) is 15.9 Å². The summed E-state index contributed by atoms with van der Waals surface area (Å²) < 4.78 is 14.0. The van der Waals surface area contributed by atoms with Crippen LogP contribution in [0.5, 0.6) is 0 Å². The lowest BCUT2D eigenvalue weighted by molar-refractivity contribution is -0.125. The van der Waals surface area contributed by atoms with Gasteiger partial charge in [-0.05, 0) is 34.0 Å². The first-order valence-electron chi connectivity index (χ1n) is 5.83. The lowest BCUT2D eigenvalue weighted by Crippen LogP contribution is -2.33. The Labute approximate surface area is 113 Å². The second kappa shape index (κ2) is 5.18. The predicted octanol–water partition coefficient (Wildman–Crippen LogP) is 2.99. The van der Waals surface area contributed by atoms with E-state index in [1.807, 2.05) is 6.92 Å². The summed E-state index contributed by atoms with van der Waals surface area (Å²) in [6, 6.07) is 4.50. The maximum Gasteiger partial charge on any atom is 0.263 e. The van der Waals surface area contributed by atoms with Gasteiger partial charge >= 0.3 is 0 Å². The predicted molar refractivity (Wildman–Crippen MR) is 68.5 cm³/mol. The summed E-state index contributed by atoms with van der Waals surface area (Å²) in [5.74, 6) is -1.19. The third-order valence-corrected chi connectivity index (χ3v) is 3.82. The molecule has 0 bridgehead atoms. The van der Waals surface area contributed by atoms with Gasteiger partial charge in [0.05, 0.1) is 10.0 Å². The van der Waals surface area contributed by atoms with Crippen LogP contribution in [0.25, 0.3) is 0 Å². The van der Waals surface area contributed by atoms with Crippen molar-refractivity contribution in [3.05, 3.63) is 34.1 Å². The molecular formula is C13H13BrFNO2. The maximum absolute atomic E-state index is 13.8. The van der Waals surface area contributed by atoms with Crippen LogP contribution in [0.3, 0.4) is 0 Å². The van der Waals surface area contributed by atoms with Crippen molar-refractivity contribution >= 4 is 27.7 Å². The van der Waals surface area contributed by atoms with E-state index in [9.17, 15) is 14.0 Å². The number of benzene rings is 1. The fourth-order valence-electron chi connectivity index (χ4n) is 2.07. The van der Waals surface area contributed by atoms with Crippen LogP contribution >= 0.6 is 15.9 Å². The summed E-state index contributed by atoms with van der Waals surface area (Å²) in [6.45, 7) is 2.37. The normalized spacial score (nSPS) is 19.4. The lowest BCUT2D eigenvalue weighted by Gasteiger charge is -2.15. The SMILES string of the molecule is CCC1CC(=O)N(C(=O)c2cccc(Br)c2F)C1. The van der Waals surface area contributed by atoms with E-state index in [4.69, 9.17) is 0 Å². The number of amides is 2. The number of halogens is 2. The Morgan fingerprint density at radius 2 is 2.28 bits per heavy atom. The molecule has 0 aliphatic carbocycles. The minimum atomic E-state index is -0.616. The number of nitrogens with zero attached hydrogens (tertiary/aromatic N) is 1. The molecule has 2 amide bonds. The molecule has 0 saturated carbocycles. The highest BCUT2D eigenvalue weighted by Gasteiger charge is 2.34. The monoisotopic (exact) mass is 313 g/mol. The molecule has 0 spiro atoms. The topological polar surface area (TPSA) is 37.4 Å². The number of hydrogen-bond donors (Lipinski definition) is 0. The third-order valence-electron chi connectivity index (χ3n) is 3.21. The Morgan fingerprint density at radius 3 is 2.89 bits per heavy atom. The van der Waals surface area contributed by atoms with Crippen molar-refractivity contribution in [3.63, 3.8) is 0 Å². The molecule has 18 heavy (non-hydrogen) atoms. The fourth-order valence-corrected chi connectivity index (χ4v) is 2.43. The first-order chi connectivity index (χ1) is 8.54. The lowest BCUT2D eigenvalue weighted by atomic mass is 10.1. The average molecular weight is 314 g/mol. The van der Waals surface area contributed by atoms with Crippen molar-refractivity contribution in [3.8, 4) is 0 Å². The molecule has 0 aromatic heterocycles. The maximum atomic E-state index is 13.8. The molecule has 1 heterocycles. The molecule has 1 saturated heterocycles. The molecule has 1 aliphatic rings.